The van der Waals surface area contributed by atoms with Crippen LogP contribution in [0, 0.1) is 0 Å². The molecule has 0 atom stereocenters. The monoisotopic (exact) mass is 231 g/mol. The van der Waals surface area contributed by atoms with E-state index in [1.54, 1.807) is 12.1 Å². The summed E-state index contributed by atoms with van der Waals surface area (Å²) in [5.74, 6) is 0.0765. The molecule has 0 fully saturated rings. The lowest BCUT2D eigenvalue weighted by Gasteiger charge is -2.07. The van der Waals surface area contributed by atoms with E-state index in [1.807, 2.05) is 0 Å². The second kappa shape index (κ2) is 5.25. The molecule has 1 aromatic rings. The van der Waals surface area contributed by atoms with Crippen LogP contribution in [0.15, 0.2) is 24.8 Å². The molecule has 1 aromatic carbocycles. The van der Waals surface area contributed by atoms with Gasteiger partial charge in [-0.15, -0.1) is 6.58 Å². The second-order valence-electron chi connectivity index (χ2n) is 2.81. The highest BCUT2D eigenvalue weighted by Gasteiger charge is 2.06. The van der Waals surface area contributed by atoms with Gasteiger partial charge in [-0.3, -0.25) is 0 Å². The molecule has 0 spiro atoms. The van der Waals surface area contributed by atoms with Crippen LogP contribution < -0.4 is 5.32 Å². The molecule has 0 amide bonds. The first-order valence-corrected chi connectivity index (χ1v) is 4.89. The zero-order valence-electron chi connectivity index (χ0n) is 7.56. The molecule has 0 radical (unpaired) electrons. The van der Waals surface area contributed by atoms with Crippen LogP contribution in [0.4, 0.5) is 0 Å². The third-order valence-electron chi connectivity index (χ3n) is 1.71. The number of aromatic hydroxyl groups is 1. The fourth-order valence-electron chi connectivity index (χ4n) is 1.06. The van der Waals surface area contributed by atoms with Gasteiger partial charge in [-0.2, -0.15) is 0 Å². The molecule has 0 aliphatic carbocycles. The van der Waals surface area contributed by atoms with Crippen molar-refractivity contribution in [3.8, 4) is 5.75 Å². The van der Waals surface area contributed by atoms with Gasteiger partial charge in [0.05, 0.1) is 5.02 Å². The molecular weight excluding hydrogens is 221 g/mol. The summed E-state index contributed by atoms with van der Waals surface area (Å²) in [6.45, 7) is 4.75. The summed E-state index contributed by atoms with van der Waals surface area (Å²) in [6, 6.07) is 3.19. The van der Waals surface area contributed by atoms with Crippen molar-refractivity contribution in [1.29, 1.82) is 0 Å². The van der Waals surface area contributed by atoms with Gasteiger partial charge in [0.1, 0.15) is 5.75 Å². The number of phenolic OH excluding ortho intramolecular Hbond substituents is 1. The Morgan fingerprint density at radius 3 is 2.79 bits per heavy atom. The molecular formula is C10H11Cl2NO. The van der Waals surface area contributed by atoms with Gasteiger partial charge in [-0.1, -0.05) is 29.3 Å². The highest BCUT2D eigenvalue weighted by molar-refractivity contribution is 6.35. The van der Waals surface area contributed by atoms with E-state index in [-0.39, 0.29) is 10.8 Å². The maximum Gasteiger partial charge on any atom is 0.138 e. The van der Waals surface area contributed by atoms with Crippen molar-refractivity contribution in [1.82, 2.24) is 5.32 Å². The maximum absolute atomic E-state index is 9.56. The zero-order valence-corrected chi connectivity index (χ0v) is 9.07. The first kappa shape index (κ1) is 11.4. The van der Waals surface area contributed by atoms with Crippen molar-refractivity contribution in [3.05, 3.63) is 40.4 Å². The van der Waals surface area contributed by atoms with E-state index in [1.165, 1.54) is 6.07 Å². The number of halogens is 2. The molecule has 1 rings (SSSR count). The summed E-state index contributed by atoms with van der Waals surface area (Å²) in [5, 5.41) is 13.4. The van der Waals surface area contributed by atoms with E-state index in [0.717, 1.165) is 0 Å². The number of phenols is 1. The quantitative estimate of drug-likeness (QED) is 0.617. The van der Waals surface area contributed by atoms with Gasteiger partial charge in [0, 0.05) is 23.7 Å². The fourth-order valence-corrected chi connectivity index (χ4v) is 1.60. The number of nitrogens with one attached hydrogen (secondary N) is 1. The molecule has 14 heavy (non-hydrogen) atoms. The average molecular weight is 232 g/mol. The maximum atomic E-state index is 9.56. The van der Waals surface area contributed by atoms with Gasteiger partial charge in [0.25, 0.3) is 0 Å². The molecule has 0 heterocycles. The molecule has 0 saturated heterocycles. The lowest BCUT2D eigenvalue weighted by molar-refractivity contribution is 0.466. The predicted octanol–water partition coefficient (Wildman–Crippen LogP) is 2.97. The fraction of sp³-hybridized carbons (Fsp3) is 0.200. The van der Waals surface area contributed by atoms with Gasteiger partial charge in [0.2, 0.25) is 0 Å². The summed E-state index contributed by atoms with van der Waals surface area (Å²) >= 11 is 11.5. The standard InChI is InChI=1S/C10H11Cl2NO/c1-2-3-13-6-7-4-8(11)5-9(12)10(7)14/h2,4-5,13-14H,1,3,6H2. The Morgan fingerprint density at radius 1 is 1.43 bits per heavy atom. The Hall–Kier alpha value is -0.700. The van der Waals surface area contributed by atoms with Gasteiger partial charge >= 0.3 is 0 Å². The minimum atomic E-state index is 0.0765. The van der Waals surface area contributed by atoms with Crippen LogP contribution in [-0.4, -0.2) is 11.7 Å². The average Bonchev–Trinajstić information content (AvgIpc) is 2.13. The first-order valence-electron chi connectivity index (χ1n) is 4.13. The number of hydrogen-bond donors (Lipinski definition) is 2. The first-order chi connectivity index (χ1) is 6.65. The smallest absolute Gasteiger partial charge is 0.138 e. The Labute approximate surface area is 93.2 Å². The van der Waals surface area contributed by atoms with E-state index < -0.39 is 0 Å². The van der Waals surface area contributed by atoms with Crippen LogP contribution >= 0.6 is 23.2 Å². The van der Waals surface area contributed by atoms with E-state index >= 15 is 0 Å². The van der Waals surface area contributed by atoms with Crippen LogP contribution in [0.5, 0.6) is 5.75 Å². The molecule has 0 saturated carbocycles. The Morgan fingerprint density at radius 2 is 2.14 bits per heavy atom. The molecule has 0 aliphatic heterocycles. The van der Waals surface area contributed by atoms with Crippen LogP contribution in [-0.2, 0) is 6.54 Å². The minimum Gasteiger partial charge on any atom is -0.506 e. The van der Waals surface area contributed by atoms with Gasteiger partial charge in [0.15, 0.2) is 0 Å². The summed E-state index contributed by atoms with van der Waals surface area (Å²) in [7, 11) is 0. The SMILES string of the molecule is C=CCNCc1cc(Cl)cc(Cl)c1O. The van der Waals surface area contributed by atoms with Crippen molar-refractivity contribution < 1.29 is 5.11 Å². The van der Waals surface area contributed by atoms with Gasteiger partial charge in [-0.05, 0) is 12.1 Å². The Kier molecular flexibility index (Phi) is 4.26. The third kappa shape index (κ3) is 2.91. The van der Waals surface area contributed by atoms with Crippen LogP contribution in [0.25, 0.3) is 0 Å². The van der Waals surface area contributed by atoms with Gasteiger partial charge in [-0.25, -0.2) is 0 Å². The van der Waals surface area contributed by atoms with Crippen molar-refractivity contribution in [3.63, 3.8) is 0 Å². The molecule has 0 aliphatic rings. The number of rotatable bonds is 4. The Bertz CT molecular complexity index is 339. The second-order valence-corrected chi connectivity index (χ2v) is 3.66. The molecule has 0 unspecified atom stereocenters. The summed E-state index contributed by atoms with van der Waals surface area (Å²) in [5.41, 5.74) is 0.685. The molecule has 2 nitrogen and oxygen atoms in total. The zero-order chi connectivity index (χ0) is 10.6. The number of hydrogen-bond acceptors (Lipinski definition) is 2. The van der Waals surface area contributed by atoms with Crippen molar-refractivity contribution in [2.75, 3.05) is 6.54 Å². The van der Waals surface area contributed by atoms with E-state index in [9.17, 15) is 5.11 Å². The normalized spacial score (nSPS) is 10.1. The van der Waals surface area contributed by atoms with Crippen molar-refractivity contribution >= 4 is 23.2 Å². The number of benzene rings is 1. The summed E-state index contributed by atoms with van der Waals surface area (Å²) in [4.78, 5) is 0. The van der Waals surface area contributed by atoms with E-state index in [0.29, 0.717) is 23.7 Å². The van der Waals surface area contributed by atoms with Crippen LogP contribution in [0.2, 0.25) is 10.0 Å². The summed E-state index contributed by atoms with van der Waals surface area (Å²) < 4.78 is 0. The minimum absolute atomic E-state index is 0.0765. The topological polar surface area (TPSA) is 32.3 Å². The van der Waals surface area contributed by atoms with Crippen LogP contribution in [0.3, 0.4) is 0 Å². The molecule has 0 aromatic heterocycles. The highest BCUT2D eigenvalue weighted by atomic mass is 35.5. The molecule has 0 bridgehead atoms. The van der Waals surface area contributed by atoms with E-state index in [2.05, 4.69) is 11.9 Å². The predicted molar refractivity (Wildman–Crippen MR) is 60.0 cm³/mol. The lowest BCUT2D eigenvalue weighted by Crippen LogP contribution is -2.12. The largest absolute Gasteiger partial charge is 0.506 e. The molecule has 76 valence electrons. The van der Waals surface area contributed by atoms with Crippen molar-refractivity contribution in [2.24, 2.45) is 0 Å². The van der Waals surface area contributed by atoms with Crippen LogP contribution in [0.1, 0.15) is 5.56 Å². The Balaban J connectivity index is 2.79. The summed E-state index contributed by atoms with van der Waals surface area (Å²) in [6.07, 6.45) is 1.74. The lowest BCUT2D eigenvalue weighted by atomic mass is 10.2. The molecule has 2 N–H and O–H groups in total. The van der Waals surface area contributed by atoms with E-state index in [4.69, 9.17) is 23.2 Å². The third-order valence-corrected chi connectivity index (χ3v) is 2.22. The highest BCUT2D eigenvalue weighted by Crippen LogP contribution is 2.30. The van der Waals surface area contributed by atoms with Gasteiger partial charge < -0.3 is 10.4 Å². The van der Waals surface area contributed by atoms with Crippen molar-refractivity contribution in [2.45, 2.75) is 6.54 Å². The molecule has 4 heteroatoms.